The highest BCUT2D eigenvalue weighted by molar-refractivity contribution is 6.31. The van der Waals surface area contributed by atoms with Gasteiger partial charge >= 0.3 is 0 Å². The number of hydrogen-bond donors (Lipinski definition) is 1. The molecule has 1 atom stereocenters. The highest BCUT2D eigenvalue weighted by Gasteiger charge is 2.26. The van der Waals surface area contributed by atoms with Gasteiger partial charge in [0.15, 0.2) is 5.15 Å². The number of nitrogens with one attached hydrogen (secondary N) is 1. The molecule has 190 valence electrons. The lowest BCUT2D eigenvalue weighted by molar-refractivity contribution is -0.125. The van der Waals surface area contributed by atoms with E-state index in [4.69, 9.17) is 23.2 Å². The summed E-state index contributed by atoms with van der Waals surface area (Å²) in [6.07, 6.45) is 8.68. The molecule has 37 heavy (non-hydrogen) atoms. The van der Waals surface area contributed by atoms with Crippen LogP contribution in [0.25, 0.3) is 16.9 Å². The molecule has 0 saturated heterocycles. The molecule has 1 saturated carbocycles. The molecular formula is C27H26Cl2N6O2. The Balaban J connectivity index is 1.50. The lowest BCUT2D eigenvalue weighted by atomic mass is 9.95. The van der Waals surface area contributed by atoms with Crippen molar-refractivity contribution in [1.29, 1.82) is 0 Å². The summed E-state index contributed by atoms with van der Waals surface area (Å²) < 4.78 is 2.91. The van der Waals surface area contributed by atoms with Gasteiger partial charge in [0.25, 0.3) is 5.56 Å². The smallest absolute Gasteiger partial charge is 0.254 e. The van der Waals surface area contributed by atoms with Crippen LogP contribution in [0.4, 0.5) is 0 Å². The fraction of sp³-hybridized carbons (Fsp3) is 0.296. The summed E-state index contributed by atoms with van der Waals surface area (Å²) in [4.78, 5) is 31.5. The van der Waals surface area contributed by atoms with Crippen molar-refractivity contribution in [2.24, 2.45) is 0 Å². The first-order valence-electron chi connectivity index (χ1n) is 12.3. The van der Waals surface area contributed by atoms with Gasteiger partial charge in [-0.1, -0.05) is 78.0 Å². The van der Waals surface area contributed by atoms with E-state index in [0.29, 0.717) is 28.4 Å². The number of aromatic nitrogens is 5. The first-order chi connectivity index (χ1) is 18.0. The van der Waals surface area contributed by atoms with Gasteiger partial charge in [0, 0.05) is 29.1 Å². The summed E-state index contributed by atoms with van der Waals surface area (Å²) in [5.41, 5.74) is 2.22. The third-order valence-corrected chi connectivity index (χ3v) is 7.05. The van der Waals surface area contributed by atoms with E-state index < -0.39 is 6.04 Å². The summed E-state index contributed by atoms with van der Waals surface area (Å²) >= 11 is 12.2. The van der Waals surface area contributed by atoms with E-state index in [1.165, 1.54) is 28.1 Å². The number of halogens is 2. The van der Waals surface area contributed by atoms with Crippen LogP contribution in [-0.2, 0) is 11.2 Å². The van der Waals surface area contributed by atoms with E-state index in [-0.39, 0.29) is 22.7 Å². The summed E-state index contributed by atoms with van der Waals surface area (Å²) in [6.45, 7) is 0. The van der Waals surface area contributed by atoms with E-state index in [9.17, 15) is 9.59 Å². The first kappa shape index (κ1) is 25.2. The van der Waals surface area contributed by atoms with Crippen molar-refractivity contribution >= 4 is 29.1 Å². The minimum absolute atomic E-state index is 0.131. The van der Waals surface area contributed by atoms with E-state index in [2.05, 4.69) is 20.6 Å². The Morgan fingerprint density at radius 3 is 2.54 bits per heavy atom. The number of rotatable bonds is 7. The Kier molecular flexibility index (Phi) is 7.67. The van der Waals surface area contributed by atoms with Crippen LogP contribution >= 0.6 is 23.2 Å². The van der Waals surface area contributed by atoms with Crippen LogP contribution in [0.5, 0.6) is 0 Å². The zero-order valence-electron chi connectivity index (χ0n) is 20.1. The summed E-state index contributed by atoms with van der Waals surface area (Å²) in [6, 6.07) is 15.7. The lowest BCUT2D eigenvalue weighted by Crippen LogP contribution is -2.43. The topological polar surface area (TPSA) is 94.7 Å². The molecule has 10 heteroatoms. The Morgan fingerprint density at radius 1 is 1.05 bits per heavy atom. The molecule has 1 aliphatic rings. The minimum atomic E-state index is -0.730. The van der Waals surface area contributed by atoms with Gasteiger partial charge in [0.1, 0.15) is 6.04 Å². The zero-order valence-corrected chi connectivity index (χ0v) is 21.6. The van der Waals surface area contributed by atoms with Gasteiger partial charge in [0.2, 0.25) is 5.91 Å². The normalized spacial score (nSPS) is 14.9. The zero-order chi connectivity index (χ0) is 25.8. The summed E-state index contributed by atoms with van der Waals surface area (Å²) in [5, 5.41) is 11.7. The second-order valence-corrected chi connectivity index (χ2v) is 10.0. The summed E-state index contributed by atoms with van der Waals surface area (Å²) in [7, 11) is 0. The molecule has 1 amide bonds. The van der Waals surface area contributed by atoms with E-state index in [1.54, 1.807) is 24.4 Å². The fourth-order valence-electron chi connectivity index (χ4n) is 4.76. The molecule has 1 fully saturated rings. The Hall–Kier alpha value is -3.49. The molecule has 1 aliphatic carbocycles. The first-order valence-corrected chi connectivity index (χ1v) is 13.0. The molecule has 0 aliphatic heterocycles. The summed E-state index contributed by atoms with van der Waals surface area (Å²) in [5.74, 6) is -0.173. The number of nitrogens with zero attached hydrogens (tertiary/aromatic N) is 5. The Bertz CT molecular complexity index is 1450. The highest BCUT2D eigenvalue weighted by atomic mass is 35.5. The molecule has 0 unspecified atom stereocenters. The minimum Gasteiger partial charge on any atom is -0.352 e. The number of carbonyl (C=O) groups excluding carboxylic acids is 1. The molecule has 8 nitrogen and oxygen atoms in total. The average Bonchev–Trinajstić information content (AvgIpc) is 3.34. The van der Waals surface area contributed by atoms with Gasteiger partial charge < -0.3 is 5.32 Å². The third kappa shape index (κ3) is 5.92. The maximum Gasteiger partial charge on any atom is 0.254 e. The second kappa shape index (κ2) is 11.3. The van der Waals surface area contributed by atoms with Crippen LogP contribution in [0.1, 0.15) is 43.7 Å². The Morgan fingerprint density at radius 2 is 1.84 bits per heavy atom. The van der Waals surface area contributed by atoms with Gasteiger partial charge in [0.05, 0.1) is 23.9 Å². The van der Waals surface area contributed by atoms with Crippen LogP contribution < -0.4 is 10.9 Å². The standard InChI is InChI=1S/C27H26Cl2N6O2/c28-19-11-12-23(35-16-25(29)32-33-35)21(14-19)22-15-26(36)34(17-30-22)24(13-18-7-3-1-4-8-18)27(37)31-20-9-5-2-6-10-20/h1,3-4,7-8,11-12,14-17,20,24H,2,5-6,9-10,13H2,(H,31,37)/t24-/m0/s1. The number of benzene rings is 2. The van der Waals surface area contributed by atoms with Crippen molar-refractivity contribution in [3.8, 4) is 16.9 Å². The van der Waals surface area contributed by atoms with Crippen molar-refractivity contribution in [2.45, 2.75) is 50.6 Å². The van der Waals surface area contributed by atoms with Gasteiger partial charge in [-0.15, -0.1) is 5.10 Å². The van der Waals surface area contributed by atoms with Crippen LogP contribution in [0, 0.1) is 0 Å². The van der Waals surface area contributed by atoms with Crippen molar-refractivity contribution in [3.05, 3.63) is 93.2 Å². The van der Waals surface area contributed by atoms with Crippen LogP contribution in [0.2, 0.25) is 10.2 Å². The van der Waals surface area contributed by atoms with Crippen molar-refractivity contribution in [2.75, 3.05) is 0 Å². The monoisotopic (exact) mass is 536 g/mol. The largest absolute Gasteiger partial charge is 0.352 e. The number of amides is 1. The average molecular weight is 537 g/mol. The number of carbonyl (C=O) groups is 1. The Labute approximate surface area is 224 Å². The fourth-order valence-corrected chi connectivity index (χ4v) is 5.06. The van der Waals surface area contributed by atoms with E-state index >= 15 is 0 Å². The molecule has 5 rings (SSSR count). The molecule has 0 radical (unpaired) electrons. The van der Waals surface area contributed by atoms with Crippen LogP contribution in [-0.4, -0.2) is 36.5 Å². The van der Waals surface area contributed by atoms with Crippen molar-refractivity contribution < 1.29 is 4.79 Å². The molecule has 2 aromatic heterocycles. The highest BCUT2D eigenvalue weighted by Crippen LogP contribution is 2.28. The van der Waals surface area contributed by atoms with E-state index in [0.717, 1.165) is 31.2 Å². The second-order valence-electron chi connectivity index (χ2n) is 9.22. The maximum atomic E-state index is 13.5. The number of hydrogen-bond acceptors (Lipinski definition) is 5. The molecule has 2 heterocycles. The molecule has 4 aromatic rings. The molecule has 1 N–H and O–H groups in total. The molecule has 2 aromatic carbocycles. The van der Waals surface area contributed by atoms with E-state index in [1.807, 2.05) is 30.3 Å². The SMILES string of the molecule is O=C(NC1CCCCC1)[C@H](Cc1ccccc1)n1cnc(-c2cc(Cl)ccc2-n2cc(Cl)nn2)cc1=O. The molecule has 0 spiro atoms. The lowest BCUT2D eigenvalue weighted by Gasteiger charge is -2.26. The maximum absolute atomic E-state index is 13.5. The van der Waals surface area contributed by atoms with Gasteiger partial charge in [-0.25, -0.2) is 9.67 Å². The van der Waals surface area contributed by atoms with Crippen molar-refractivity contribution in [3.63, 3.8) is 0 Å². The molecule has 0 bridgehead atoms. The molecular weight excluding hydrogens is 511 g/mol. The van der Waals surface area contributed by atoms with Crippen LogP contribution in [0.15, 0.2) is 71.9 Å². The van der Waals surface area contributed by atoms with Crippen LogP contribution in [0.3, 0.4) is 0 Å². The predicted molar refractivity (Wildman–Crippen MR) is 143 cm³/mol. The quantitative estimate of drug-likeness (QED) is 0.357. The third-order valence-electron chi connectivity index (χ3n) is 6.64. The van der Waals surface area contributed by atoms with Crippen molar-refractivity contribution in [1.82, 2.24) is 29.9 Å². The van der Waals surface area contributed by atoms with Gasteiger partial charge in [-0.2, -0.15) is 0 Å². The van der Waals surface area contributed by atoms with Gasteiger partial charge in [-0.05, 0) is 36.6 Å². The predicted octanol–water partition coefficient (Wildman–Crippen LogP) is 5.03. The van der Waals surface area contributed by atoms with Gasteiger partial charge in [-0.3, -0.25) is 14.2 Å².